The molecule has 0 atom stereocenters. The Balaban J connectivity index is 2.07. The lowest BCUT2D eigenvalue weighted by Gasteiger charge is -2.26. The van der Waals surface area contributed by atoms with E-state index in [1.54, 1.807) is 0 Å². The number of nitrogens with two attached hydrogens (primary N) is 1. The van der Waals surface area contributed by atoms with Crippen LogP contribution in [0.25, 0.3) is 0 Å². The fourth-order valence-electron chi connectivity index (χ4n) is 2.36. The third kappa shape index (κ3) is 3.61. The van der Waals surface area contributed by atoms with E-state index in [0.29, 0.717) is 5.56 Å². The first-order chi connectivity index (χ1) is 9.47. The van der Waals surface area contributed by atoms with Crippen molar-refractivity contribution in [1.82, 2.24) is 9.69 Å². The Morgan fingerprint density at radius 2 is 2.05 bits per heavy atom. The number of aromatic nitrogens is 1. The van der Waals surface area contributed by atoms with Crippen LogP contribution in [0.1, 0.15) is 49.9 Å². The molecule has 0 radical (unpaired) electrons. The summed E-state index contributed by atoms with van der Waals surface area (Å²) in [5.74, 6) is 0.0797. The maximum absolute atomic E-state index is 12.1. The van der Waals surface area contributed by atoms with Gasteiger partial charge in [0.05, 0.1) is 6.10 Å². The summed E-state index contributed by atoms with van der Waals surface area (Å²) in [6.07, 6.45) is 3.18. The first-order valence-electron chi connectivity index (χ1n) is 6.98. The Bertz CT molecular complexity index is 467. The highest BCUT2D eigenvalue weighted by atomic mass is 32.1. The first-order valence-corrected chi connectivity index (χ1v) is 7.75. The molecule has 7 heteroatoms. The third-order valence-electron chi connectivity index (χ3n) is 3.40. The molecule has 1 aromatic heterocycles. The van der Waals surface area contributed by atoms with Gasteiger partial charge in [0.15, 0.2) is 5.82 Å². The number of carbonyl (C=O) groups is 1. The van der Waals surface area contributed by atoms with Gasteiger partial charge in [0.25, 0.3) is 5.91 Å². The van der Waals surface area contributed by atoms with E-state index in [1.807, 2.05) is 13.8 Å². The van der Waals surface area contributed by atoms with Crippen molar-refractivity contribution in [3.63, 3.8) is 0 Å². The molecule has 0 aliphatic heterocycles. The van der Waals surface area contributed by atoms with Crippen molar-refractivity contribution in [3.8, 4) is 0 Å². The normalized spacial score (nSPS) is 22.8. The Labute approximate surface area is 122 Å². The van der Waals surface area contributed by atoms with Crippen LogP contribution in [-0.2, 0) is 0 Å². The predicted octanol–water partition coefficient (Wildman–Crippen LogP) is 1.58. The van der Waals surface area contributed by atoms with E-state index in [9.17, 15) is 9.90 Å². The molecule has 1 heterocycles. The fraction of sp³-hybridized carbons (Fsp3) is 0.692. The van der Waals surface area contributed by atoms with E-state index in [-0.39, 0.29) is 29.9 Å². The molecule has 1 aliphatic carbocycles. The van der Waals surface area contributed by atoms with E-state index < -0.39 is 0 Å². The maximum Gasteiger partial charge on any atom is 0.258 e. The molecule has 0 spiro atoms. The van der Waals surface area contributed by atoms with E-state index in [2.05, 4.69) is 15.0 Å². The highest BCUT2D eigenvalue weighted by molar-refractivity contribution is 7.11. The minimum Gasteiger partial charge on any atom is -0.393 e. The summed E-state index contributed by atoms with van der Waals surface area (Å²) in [5.41, 5.74) is 6.24. The van der Waals surface area contributed by atoms with E-state index in [4.69, 9.17) is 5.73 Å². The molecular formula is C13H22N4O2S. The summed E-state index contributed by atoms with van der Waals surface area (Å²) < 4.78 is 4.07. The van der Waals surface area contributed by atoms with Crippen LogP contribution in [-0.4, -0.2) is 33.6 Å². The number of amides is 1. The van der Waals surface area contributed by atoms with Crippen molar-refractivity contribution in [1.29, 1.82) is 0 Å². The van der Waals surface area contributed by atoms with Crippen LogP contribution >= 0.6 is 11.5 Å². The second-order valence-electron chi connectivity index (χ2n) is 5.55. The van der Waals surface area contributed by atoms with Crippen molar-refractivity contribution < 1.29 is 9.90 Å². The number of nitrogen functional groups attached to an aromatic ring is 1. The number of aliphatic hydroxyl groups is 1. The summed E-state index contributed by atoms with van der Waals surface area (Å²) in [6.45, 7) is 3.81. The number of hydrogen-bond acceptors (Lipinski definition) is 6. The van der Waals surface area contributed by atoms with Gasteiger partial charge in [0.1, 0.15) is 10.6 Å². The Morgan fingerprint density at radius 1 is 1.40 bits per heavy atom. The summed E-state index contributed by atoms with van der Waals surface area (Å²) in [6, 6.07) is 0.323. The second kappa shape index (κ2) is 6.41. The molecule has 1 fully saturated rings. The molecule has 6 nitrogen and oxygen atoms in total. The average Bonchev–Trinajstić information content (AvgIpc) is 2.72. The molecular weight excluding hydrogens is 276 g/mol. The van der Waals surface area contributed by atoms with Crippen LogP contribution in [0.5, 0.6) is 0 Å². The molecule has 5 N–H and O–H groups in total. The quantitative estimate of drug-likeness (QED) is 0.676. The topological polar surface area (TPSA) is 100 Å². The molecule has 0 saturated heterocycles. The number of nitrogens with zero attached hydrogens (tertiary/aromatic N) is 1. The lowest BCUT2D eigenvalue weighted by molar-refractivity contribution is 0.0944. The number of carbonyl (C=O) groups excluding carboxylic acids is 1. The highest BCUT2D eigenvalue weighted by Crippen LogP contribution is 2.30. The number of hydrogen-bond donors (Lipinski definition) is 4. The molecule has 1 aliphatic rings. The number of rotatable bonds is 4. The number of aliphatic hydroxyl groups excluding tert-OH is 1. The molecule has 1 aromatic rings. The van der Waals surface area contributed by atoms with Crippen LogP contribution in [0.15, 0.2) is 0 Å². The van der Waals surface area contributed by atoms with Gasteiger partial charge in [-0.15, -0.1) is 0 Å². The minimum atomic E-state index is -0.191. The first kappa shape index (κ1) is 15.1. The zero-order valence-electron chi connectivity index (χ0n) is 11.8. The lowest BCUT2D eigenvalue weighted by atomic mass is 9.93. The molecule has 1 amide bonds. The molecule has 1 saturated carbocycles. The Hall–Kier alpha value is -1.34. The largest absolute Gasteiger partial charge is 0.393 e. The number of anilines is 2. The summed E-state index contributed by atoms with van der Waals surface area (Å²) in [5, 5.41) is 16.4. The van der Waals surface area contributed by atoms with Gasteiger partial charge in [-0.05, 0) is 51.1 Å². The predicted molar refractivity (Wildman–Crippen MR) is 81.0 cm³/mol. The van der Waals surface area contributed by atoms with E-state index >= 15 is 0 Å². The van der Waals surface area contributed by atoms with Gasteiger partial charge in [-0.3, -0.25) is 4.79 Å². The van der Waals surface area contributed by atoms with Crippen LogP contribution in [0.2, 0.25) is 0 Å². The molecule has 0 bridgehead atoms. The van der Waals surface area contributed by atoms with Gasteiger partial charge in [0.2, 0.25) is 0 Å². The Morgan fingerprint density at radius 3 is 2.65 bits per heavy atom. The van der Waals surface area contributed by atoms with Gasteiger partial charge >= 0.3 is 0 Å². The van der Waals surface area contributed by atoms with Crippen molar-refractivity contribution in [2.24, 2.45) is 0 Å². The van der Waals surface area contributed by atoms with Crippen LogP contribution in [0.3, 0.4) is 0 Å². The zero-order valence-corrected chi connectivity index (χ0v) is 12.7. The Kier molecular flexibility index (Phi) is 4.82. The lowest BCUT2D eigenvalue weighted by Crippen LogP contribution is -2.32. The second-order valence-corrected chi connectivity index (χ2v) is 6.32. The smallest absolute Gasteiger partial charge is 0.258 e. The minimum absolute atomic E-state index is 0.0551. The van der Waals surface area contributed by atoms with Gasteiger partial charge in [-0.2, -0.15) is 4.37 Å². The molecule has 112 valence electrons. The van der Waals surface area contributed by atoms with Crippen LogP contribution in [0, 0.1) is 0 Å². The fourth-order valence-corrected chi connectivity index (χ4v) is 3.15. The van der Waals surface area contributed by atoms with E-state index in [1.165, 1.54) is 11.5 Å². The molecule has 2 rings (SSSR count). The van der Waals surface area contributed by atoms with Crippen LogP contribution < -0.4 is 16.4 Å². The van der Waals surface area contributed by atoms with Crippen molar-refractivity contribution in [2.75, 3.05) is 11.1 Å². The van der Waals surface area contributed by atoms with Crippen molar-refractivity contribution in [2.45, 2.75) is 57.7 Å². The zero-order chi connectivity index (χ0) is 14.7. The van der Waals surface area contributed by atoms with Gasteiger partial charge < -0.3 is 21.5 Å². The monoisotopic (exact) mass is 298 g/mol. The van der Waals surface area contributed by atoms with E-state index in [0.717, 1.165) is 30.7 Å². The average molecular weight is 298 g/mol. The summed E-state index contributed by atoms with van der Waals surface area (Å²) in [4.78, 5) is 12.1. The standard InChI is InChI=1S/C13H22N4O2S/c1-7(2)15-12(19)10-11(14)17-20-13(10)16-8-3-5-9(18)6-4-8/h7-9,16,18H,3-6H2,1-2H3,(H2,14,17)(H,15,19). The maximum atomic E-state index is 12.1. The van der Waals surface area contributed by atoms with Crippen LogP contribution in [0.4, 0.5) is 10.8 Å². The van der Waals surface area contributed by atoms with Gasteiger partial charge in [0, 0.05) is 12.1 Å². The molecule has 0 unspecified atom stereocenters. The molecule has 0 aromatic carbocycles. The van der Waals surface area contributed by atoms with Gasteiger partial charge in [-0.1, -0.05) is 0 Å². The van der Waals surface area contributed by atoms with Crippen molar-refractivity contribution >= 4 is 28.3 Å². The highest BCUT2D eigenvalue weighted by Gasteiger charge is 2.24. The van der Waals surface area contributed by atoms with Gasteiger partial charge in [-0.25, -0.2) is 0 Å². The SMILES string of the molecule is CC(C)NC(=O)c1c(N)nsc1NC1CCC(O)CC1. The third-order valence-corrected chi connectivity index (χ3v) is 4.19. The number of nitrogens with one attached hydrogen (secondary N) is 2. The summed E-state index contributed by atoms with van der Waals surface area (Å²) >= 11 is 1.22. The molecule has 20 heavy (non-hydrogen) atoms. The van der Waals surface area contributed by atoms with Crippen molar-refractivity contribution in [3.05, 3.63) is 5.56 Å². The summed E-state index contributed by atoms with van der Waals surface area (Å²) in [7, 11) is 0.